The molecule has 0 fully saturated rings. The van der Waals surface area contributed by atoms with Crippen LogP contribution >= 0.6 is 11.6 Å². The zero-order valence-corrected chi connectivity index (χ0v) is 13.8. The van der Waals surface area contributed by atoms with Gasteiger partial charge in [-0.1, -0.05) is 38.3 Å². The van der Waals surface area contributed by atoms with E-state index in [9.17, 15) is 4.79 Å². The molecule has 0 amide bonds. The molecule has 20 heavy (non-hydrogen) atoms. The second-order valence-corrected chi connectivity index (χ2v) is 5.91. The minimum Gasteiger partial charge on any atom is -0.308 e. The summed E-state index contributed by atoms with van der Waals surface area (Å²) in [4.78, 5) is 14.8. The molecule has 0 radical (unpaired) electrons. The van der Waals surface area contributed by atoms with Crippen molar-refractivity contribution in [3.8, 4) is 0 Å². The van der Waals surface area contributed by atoms with Crippen LogP contribution in [-0.2, 0) is 6.54 Å². The van der Waals surface area contributed by atoms with E-state index in [0.717, 1.165) is 32.2 Å². The van der Waals surface area contributed by atoms with Gasteiger partial charge in [0, 0.05) is 12.5 Å². The zero-order valence-electron chi connectivity index (χ0n) is 13.0. The van der Waals surface area contributed by atoms with Gasteiger partial charge in [-0.25, -0.2) is 0 Å². The molecule has 114 valence electrons. The molecular formula is C15H26ClN3O. The number of halogens is 1. The van der Waals surface area contributed by atoms with E-state index in [-0.39, 0.29) is 11.7 Å². The van der Waals surface area contributed by atoms with Gasteiger partial charge in [0.2, 0.25) is 0 Å². The highest BCUT2D eigenvalue weighted by atomic mass is 35.5. The van der Waals surface area contributed by atoms with E-state index in [0.29, 0.717) is 17.3 Å². The molecule has 1 heterocycles. The Morgan fingerprint density at radius 2 is 1.95 bits per heavy atom. The quantitative estimate of drug-likeness (QED) is 0.655. The predicted molar refractivity (Wildman–Crippen MR) is 83.4 cm³/mol. The molecule has 0 aromatic carbocycles. The fourth-order valence-electron chi connectivity index (χ4n) is 2.37. The highest BCUT2D eigenvalue weighted by Gasteiger charge is 2.24. The molecule has 0 aliphatic carbocycles. The van der Waals surface area contributed by atoms with Gasteiger partial charge in [-0.05, 0) is 26.9 Å². The first-order chi connectivity index (χ1) is 9.51. The van der Waals surface area contributed by atoms with Gasteiger partial charge < -0.3 is 4.90 Å². The Hall–Kier alpha value is -0.870. The molecule has 0 spiro atoms. The molecule has 0 bridgehead atoms. The highest BCUT2D eigenvalue weighted by molar-refractivity contribution is 6.33. The lowest BCUT2D eigenvalue weighted by atomic mass is 9.92. The van der Waals surface area contributed by atoms with Gasteiger partial charge in [0.05, 0.1) is 17.8 Å². The minimum atomic E-state index is 0.0670. The summed E-state index contributed by atoms with van der Waals surface area (Å²) in [6.07, 6.45) is 5.45. The third-order valence-corrected chi connectivity index (χ3v) is 3.71. The van der Waals surface area contributed by atoms with Crippen molar-refractivity contribution in [1.29, 1.82) is 0 Å². The topological polar surface area (TPSA) is 38.1 Å². The van der Waals surface area contributed by atoms with Crippen LogP contribution in [0.5, 0.6) is 0 Å². The molecule has 0 unspecified atom stereocenters. The van der Waals surface area contributed by atoms with Gasteiger partial charge in [0.15, 0.2) is 5.78 Å². The number of hydrogen-bond donors (Lipinski definition) is 0. The summed E-state index contributed by atoms with van der Waals surface area (Å²) < 4.78 is 1.75. The maximum atomic E-state index is 12.7. The van der Waals surface area contributed by atoms with Crippen LogP contribution in [0.15, 0.2) is 6.20 Å². The third kappa shape index (κ3) is 4.60. The van der Waals surface area contributed by atoms with E-state index < -0.39 is 0 Å². The largest absolute Gasteiger partial charge is 0.308 e. The number of ketones is 1. The van der Waals surface area contributed by atoms with Crippen molar-refractivity contribution in [1.82, 2.24) is 14.7 Å². The summed E-state index contributed by atoms with van der Waals surface area (Å²) in [5.74, 6) is 0.215. The van der Waals surface area contributed by atoms with Crippen molar-refractivity contribution in [2.45, 2.75) is 46.1 Å². The van der Waals surface area contributed by atoms with Gasteiger partial charge in [-0.15, -0.1) is 0 Å². The molecule has 0 aliphatic rings. The van der Waals surface area contributed by atoms with Gasteiger partial charge in [0.1, 0.15) is 5.69 Å². The summed E-state index contributed by atoms with van der Waals surface area (Å²) >= 11 is 6.18. The molecule has 0 saturated heterocycles. The average Bonchev–Trinajstić information content (AvgIpc) is 2.76. The number of hydrogen-bond acceptors (Lipinski definition) is 3. The van der Waals surface area contributed by atoms with Crippen LogP contribution in [0.25, 0.3) is 0 Å². The molecule has 0 aliphatic heterocycles. The highest BCUT2D eigenvalue weighted by Crippen LogP contribution is 2.24. The van der Waals surface area contributed by atoms with E-state index in [1.165, 1.54) is 0 Å². The second-order valence-electron chi connectivity index (χ2n) is 5.51. The Morgan fingerprint density at radius 3 is 2.45 bits per heavy atom. The van der Waals surface area contributed by atoms with Gasteiger partial charge in [-0.2, -0.15) is 5.10 Å². The van der Waals surface area contributed by atoms with Crippen molar-refractivity contribution < 1.29 is 4.79 Å². The Kier molecular flexibility index (Phi) is 7.24. The Bertz CT molecular complexity index is 423. The number of likely N-dealkylation sites (N-methyl/N-ethyl adjacent to an activating group) is 1. The summed E-state index contributed by atoms with van der Waals surface area (Å²) in [5.41, 5.74) is 0.584. The van der Waals surface area contributed by atoms with E-state index in [1.807, 2.05) is 14.1 Å². The van der Waals surface area contributed by atoms with Crippen LogP contribution in [0.1, 0.15) is 50.0 Å². The monoisotopic (exact) mass is 299 g/mol. The van der Waals surface area contributed by atoms with Crippen molar-refractivity contribution in [2.75, 3.05) is 20.6 Å². The standard InChI is InChI=1S/C15H26ClN3O/c1-5-7-12(8-6-2)15(20)14-13(16)11-17-19(14)10-9-18(3)4/h11-12H,5-10H2,1-4H3. The minimum absolute atomic E-state index is 0.0670. The summed E-state index contributed by atoms with van der Waals surface area (Å²) in [6.45, 7) is 5.75. The Balaban J connectivity index is 2.92. The summed E-state index contributed by atoms with van der Waals surface area (Å²) in [6, 6.07) is 0. The fourth-order valence-corrected chi connectivity index (χ4v) is 2.60. The van der Waals surface area contributed by atoms with Crippen molar-refractivity contribution >= 4 is 17.4 Å². The van der Waals surface area contributed by atoms with Crippen LogP contribution in [0.3, 0.4) is 0 Å². The van der Waals surface area contributed by atoms with Crippen LogP contribution in [0.4, 0.5) is 0 Å². The Labute approximate surface area is 127 Å². The summed E-state index contributed by atoms with van der Waals surface area (Å²) in [5, 5.41) is 4.73. The van der Waals surface area contributed by atoms with E-state index in [2.05, 4.69) is 23.8 Å². The lowest BCUT2D eigenvalue weighted by Gasteiger charge is -2.16. The van der Waals surface area contributed by atoms with Crippen LogP contribution in [-0.4, -0.2) is 41.1 Å². The van der Waals surface area contributed by atoms with E-state index in [4.69, 9.17) is 11.6 Å². The van der Waals surface area contributed by atoms with Gasteiger partial charge in [-0.3, -0.25) is 9.48 Å². The SMILES string of the molecule is CCCC(CCC)C(=O)c1c(Cl)cnn1CCN(C)C. The number of nitrogens with zero attached hydrogens (tertiary/aromatic N) is 3. The van der Waals surface area contributed by atoms with Crippen molar-refractivity contribution in [3.05, 3.63) is 16.9 Å². The number of Topliss-reactive ketones (excluding diaryl/α,β-unsaturated/α-hetero) is 1. The normalized spacial score (nSPS) is 11.6. The molecule has 4 nitrogen and oxygen atoms in total. The zero-order chi connectivity index (χ0) is 15.1. The number of aromatic nitrogens is 2. The maximum Gasteiger partial charge on any atom is 0.185 e. The molecule has 1 aromatic heterocycles. The third-order valence-electron chi connectivity index (χ3n) is 3.43. The predicted octanol–water partition coefficient (Wildman–Crippen LogP) is 3.50. The van der Waals surface area contributed by atoms with Crippen molar-refractivity contribution in [2.24, 2.45) is 5.92 Å². The fraction of sp³-hybridized carbons (Fsp3) is 0.733. The molecule has 0 N–H and O–H groups in total. The molecule has 1 rings (SSSR count). The van der Waals surface area contributed by atoms with E-state index in [1.54, 1.807) is 10.9 Å². The van der Waals surface area contributed by atoms with Gasteiger partial charge in [0.25, 0.3) is 0 Å². The lowest BCUT2D eigenvalue weighted by Crippen LogP contribution is -2.24. The number of rotatable bonds is 9. The smallest absolute Gasteiger partial charge is 0.185 e. The molecule has 0 saturated carbocycles. The van der Waals surface area contributed by atoms with Crippen molar-refractivity contribution in [3.63, 3.8) is 0 Å². The van der Waals surface area contributed by atoms with Crippen LogP contribution in [0.2, 0.25) is 5.02 Å². The lowest BCUT2D eigenvalue weighted by molar-refractivity contribution is 0.0893. The average molecular weight is 300 g/mol. The molecule has 0 atom stereocenters. The summed E-state index contributed by atoms with van der Waals surface area (Å²) in [7, 11) is 4.01. The second kappa shape index (κ2) is 8.42. The first kappa shape index (κ1) is 17.2. The molecular weight excluding hydrogens is 274 g/mol. The number of carbonyl (C=O) groups excluding carboxylic acids is 1. The number of carbonyl (C=O) groups is 1. The van der Waals surface area contributed by atoms with Gasteiger partial charge >= 0.3 is 0 Å². The Morgan fingerprint density at radius 1 is 1.35 bits per heavy atom. The van der Waals surface area contributed by atoms with Crippen LogP contribution < -0.4 is 0 Å². The van der Waals surface area contributed by atoms with Crippen LogP contribution in [0, 0.1) is 5.92 Å². The molecule has 5 heteroatoms. The first-order valence-electron chi connectivity index (χ1n) is 7.41. The molecule has 1 aromatic rings. The maximum absolute atomic E-state index is 12.7. The van der Waals surface area contributed by atoms with E-state index >= 15 is 0 Å². The first-order valence-corrected chi connectivity index (χ1v) is 7.79.